The van der Waals surface area contributed by atoms with E-state index in [1.54, 1.807) is 24.1 Å². The van der Waals surface area contributed by atoms with Crippen LogP contribution in [-0.2, 0) is 30.7 Å². The van der Waals surface area contributed by atoms with E-state index >= 15 is 0 Å². The number of aliphatic carboxylic acids is 1. The van der Waals surface area contributed by atoms with Crippen molar-refractivity contribution in [1.82, 2.24) is 9.97 Å². The van der Waals surface area contributed by atoms with Crippen LogP contribution in [-0.4, -0.2) is 39.9 Å². The summed E-state index contributed by atoms with van der Waals surface area (Å²) in [5.41, 5.74) is 2.22. The molecule has 0 aliphatic rings. The smallest absolute Gasteiger partial charge is 0.416 e. The second-order valence-electron chi connectivity index (χ2n) is 11.0. The zero-order chi connectivity index (χ0) is 33.4. The molecule has 8 nitrogen and oxygen atoms in total. The van der Waals surface area contributed by atoms with E-state index in [1.807, 2.05) is 18.2 Å². The third kappa shape index (κ3) is 8.86. The maximum atomic E-state index is 13.7. The maximum Gasteiger partial charge on any atom is 0.416 e. The fourth-order valence-corrected chi connectivity index (χ4v) is 4.95. The number of rotatable bonds is 14. The van der Waals surface area contributed by atoms with E-state index in [1.165, 1.54) is 24.5 Å². The third-order valence-electron chi connectivity index (χ3n) is 7.24. The molecular formula is C34H35F4N3O5. The molecule has 46 heavy (non-hydrogen) atoms. The lowest BCUT2D eigenvalue weighted by molar-refractivity contribution is -0.138. The Labute approximate surface area is 264 Å². The predicted octanol–water partition coefficient (Wildman–Crippen LogP) is 7.92. The fourth-order valence-electron chi connectivity index (χ4n) is 4.95. The van der Waals surface area contributed by atoms with Gasteiger partial charge in [0, 0.05) is 25.1 Å². The lowest BCUT2D eigenvalue weighted by Gasteiger charge is -2.25. The summed E-state index contributed by atoms with van der Waals surface area (Å²) in [6, 6.07) is 13.8. The molecule has 12 heteroatoms. The monoisotopic (exact) mass is 641 g/mol. The Hall–Kier alpha value is -4.87. The van der Waals surface area contributed by atoms with Crippen LogP contribution in [0.25, 0.3) is 11.1 Å². The van der Waals surface area contributed by atoms with Crippen LogP contribution < -0.4 is 14.4 Å². The van der Waals surface area contributed by atoms with Gasteiger partial charge in [-0.2, -0.15) is 13.2 Å². The number of carbonyl (C=O) groups is 1. The summed E-state index contributed by atoms with van der Waals surface area (Å²) in [6.07, 6.45) is -1.71. The average molecular weight is 642 g/mol. The summed E-state index contributed by atoms with van der Waals surface area (Å²) >= 11 is 0. The topological polar surface area (TPSA) is 105 Å². The van der Waals surface area contributed by atoms with Gasteiger partial charge < -0.3 is 24.6 Å². The number of phenolic OH excluding ortho intramolecular Hbond substituents is 1. The van der Waals surface area contributed by atoms with E-state index in [0.717, 1.165) is 23.3 Å². The van der Waals surface area contributed by atoms with E-state index in [9.17, 15) is 27.5 Å². The summed E-state index contributed by atoms with van der Waals surface area (Å²) in [7, 11) is 1.55. The van der Waals surface area contributed by atoms with Crippen LogP contribution in [0.15, 0.2) is 67.0 Å². The highest BCUT2D eigenvalue weighted by molar-refractivity contribution is 5.75. The number of alkyl halides is 4. The predicted molar refractivity (Wildman–Crippen MR) is 165 cm³/mol. The van der Waals surface area contributed by atoms with Crippen molar-refractivity contribution < 1.29 is 42.0 Å². The number of ether oxygens (including phenoxy) is 2. The minimum Gasteiger partial charge on any atom is -0.508 e. The fraction of sp³-hybridized carbons (Fsp3) is 0.324. The van der Waals surface area contributed by atoms with Gasteiger partial charge >= 0.3 is 12.1 Å². The Kier molecular flexibility index (Phi) is 11.0. The summed E-state index contributed by atoms with van der Waals surface area (Å²) in [5.74, 6) is 0.244. The molecule has 0 bridgehead atoms. The number of hydrogen-bond donors (Lipinski definition) is 2. The van der Waals surface area contributed by atoms with Crippen molar-refractivity contribution in [2.75, 3.05) is 18.6 Å². The molecule has 1 aromatic heterocycles. The number of nitrogens with zero attached hydrogens (tertiary/aromatic N) is 3. The van der Waals surface area contributed by atoms with Crippen molar-refractivity contribution in [2.45, 2.75) is 58.5 Å². The van der Waals surface area contributed by atoms with Crippen LogP contribution in [0.4, 0.5) is 23.5 Å². The number of anilines is 1. The molecule has 0 aliphatic carbocycles. The molecule has 0 saturated carbocycles. The molecule has 0 spiro atoms. The van der Waals surface area contributed by atoms with Gasteiger partial charge in [-0.1, -0.05) is 32.0 Å². The van der Waals surface area contributed by atoms with Gasteiger partial charge in [-0.15, -0.1) is 0 Å². The molecule has 4 rings (SSSR count). The van der Waals surface area contributed by atoms with Gasteiger partial charge in [0.2, 0.25) is 5.95 Å². The molecule has 2 N–H and O–H groups in total. The summed E-state index contributed by atoms with van der Waals surface area (Å²) in [5, 5.41) is 19.3. The largest absolute Gasteiger partial charge is 0.508 e. The molecule has 0 atom stereocenters. The number of hydrogen-bond acceptors (Lipinski definition) is 7. The van der Waals surface area contributed by atoms with E-state index < -0.39 is 24.4 Å². The van der Waals surface area contributed by atoms with Gasteiger partial charge in [0.1, 0.15) is 18.2 Å². The van der Waals surface area contributed by atoms with Crippen LogP contribution in [0.1, 0.15) is 60.4 Å². The Bertz CT molecular complexity index is 1650. The minimum atomic E-state index is -4.68. The number of phenols is 1. The number of halogens is 4. The first-order chi connectivity index (χ1) is 21.9. The number of benzene rings is 3. The van der Waals surface area contributed by atoms with E-state index in [2.05, 4.69) is 23.8 Å². The molecule has 0 aliphatic heterocycles. The quantitative estimate of drug-likeness (QED) is 0.106. The van der Waals surface area contributed by atoms with Crippen LogP contribution in [0.2, 0.25) is 0 Å². The number of carboxylic acid groups (broad SMARTS) is 1. The highest BCUT2D eigenvalue weighted by atomic mass is 19.4. The van der Waals surface area contributed by atoms with Gasteiger partial charge in [-0.25, -0.2) is 14.4 Å². The Morgan fingerprint density at radius 3 is 2.30 bits per heavy atom. The molecule has 0 radical (unpaired) electrons. The first-order valence-corrected chi connectivity index (χ1v) is 14.6. The normalized spacial score (nSPS) is 11.5. The molecule has 0 unspecified atom stereocenters. The van der Waals surface area contributed by atoms with Crippen LogP contribution >= 0.6 is 0 Å². The van der Waals surface area contributed by atoms with Crippen LogP contribution in [0.5, 0.6) is 17.2 Å². The number of aromatic hydroxyl groups is 1. The molecule has 0 saturated heterocycles. The lowest BCUT2D eigenvalue weighted by Crippen LogP contribution is -2.25. The number of aromatic nitrogens is 2. The van der Waals surface area contributed by atoms with Gasteiger partial charge in [0.05, 0.1) is 31.7 Å². The molecular weight excluding hydrogens is 606 g/mol. The molecule has 244 valence electrons. The highest BCUT2D eigenvalue weighted by Crippen LogP contribution is 2.38. The molecule has 0 amide bonds. The van der Waals surface area contributed by atoms with Gasteiger partial charge in [0.15, 0.2) is 5.75 Å². The first kappa shape index (κ1) is 34.0. The SMILES string of the molecule is COc1ccc(C(C)C)cc1-c1ccc(O)cc1CN(Cc1cc(CF)cc(C(F)(F)F)c1)c1ncc(OCCCC(=O)O)cn1. The van der Waals surface area contributed by atoms with Gasteiger partial charge in [-0.3, -0.25) is 4.79 Å². The number of methoxy groups -OCH3 is 1. The summed E-state index contributed by atoms with van der Waals surface area (Å²) in [4.78, 5) is 21.2. The Morgan fingerprint density at radius 1 is 0.957 bits per heavy atom. The third-order valence-corrected chi connectivity index (χ3v) is 7.24. The van der Waals surface area contributed by atoms with E-state index in [4.69, 9.17) is 14.6 Å². The Balaban J connectivity index is 1.76. The van der Waals surface area contributed by atoms with Crippen molar-refractivity contribution in [1.29, 1.82) is 0 Å². The maximum absolute atomic E-state index is 13.7. The second kappa shape index (κ2) is 14.9. The Morgan fingerprint density at radius 2 is 1.67 bits per heavy atom. The summed E-state index contributed by atoms with van der Waals surface area (Å²) in [6.45, 7) is 3.07. The standard InChI is InChI=1S/C34H35F4N3O5/c1-21(2)24-6-9-31(45-3)30(15-24)29-8-7-27(42)14-25(29)20-41(19-23-11-22(16-35)12-26(13-23)34(36,37)38)33-39-17-28(18-40-33)46-10-4-5-32(43)44/h6-9,11-15,17-18,21,42H,4-5,10,16,19-20H2,1-3H3,(H,43,44). The molecule has 1 heterocycles. The number of carboxylic acids is 1. The average Bonchev–Trinajstić information content (AvgIpc) is 3.02. The van der Waals surface area contributed by atoms with Crippen LogP contribution in [0, 0.1) is 0 Å². The van der Waals surface area contributed by atoms with Gasteiger partial charge in [-0.05, 0) is 76.6 Å². The van der Waals surface area contributed by atoms with Crippen molar-refractivity contribution in [2.24, 2.45) is 0 Å². The lowest BCUT2D eigenvalue weighted by atomic mass is 9.93. The minimum absolute atomic E-state index is 0.0255. The molecule has 4 aromatic rings. The zero-order valence-electron chi connectivity index (χ0n) is 25.6. The van der Waals surface area contributed by atoms with Gasteiger partial charge in [0.25, 0.3) is 0 Å². The molecule has 0 fully saturated rings. The van der Waals surface area contributed by atoms with E-state index in [-0.39, 0.29) is 67.0 Å². The van der Waals surface area contributed by atoms with E-state index in [0.29, 0.717) is 16.9 Å². The van der Waals surface area contributed by atoms with Crippen molar-refractivity contribution in [3.63, 3.8) is 0 Å². The van der Waals surface area contributed by atoms with Crippen molar-refractivity contribution in [3.05, 3.63) is 94.8 Å². The van der Waals surface area contributed by atoms with Crippen molar-refractivity contribution in [3.8, 4) is 28.4 Å². The first-order valence-electron chi connectivity index (χ1n) is 14.6. The molecule has 3 aromatic carbocycles. The van der Waals surface area contributed by atoms with Crippen molar-refractivity contribution >= 4 is 11.9 Å². The zero-order valence-corrected chi connectivity index (χ0v) is 25.6. The van der Waals surface area contributed by atoms with Crippen LogP contribution in [0.3, 0.4) is 0 Å². The summed E-state index contributed by atoms with van der Waals surface area (Å²) < 4.78 is 66.0. The second-order valence-corrected chi connectivity index (χ2v) is 11.0. The highest BCUT2D eigenvalue weighted by Gasteiger charge is 2.31.